The summed E-state index contributed by atoms with van der Waals surface area (Å²) in [5, 5.41) is 3.86. The molecule has 0 saturated heterocycles. The molecule has 0 fully saturated rings. The lowest BCUT2D eigenvalue weighted by atomic mass is 10.1. The Morgan fingerprint density at radius 2 is 2.00 bits per heavy atom. The molecule has 2 aromatic carbocycles. The Labute approximate surface area is 155 Å². The summed E-state index contributed by atoms with van der Waals surface area (Å²) in [7, 11) is 1.96. The summed E-state index contributed by atoms with van der Waals surface area (Å²) in [4.78, 5) is 21.3. The van der Waals surface area contributed by atoms with Gasteiger partial charge in [0, 0.05) is 12.7 Å². The highest BCUT2D eigenvalue weighted by atomic mass is 32.2. The minimum absolute atomic E-state index is 0.215. The van der Waals surface area contributed by atoms with Crippen LogP contribution >= 0.6 is 11.8 Å². The van der Waals surface area contributed by atoms with Gasteiger partial charge in [-0.2, -0.15) is 4.99 Å². The standard InChI is InChI=1S/C20H18N4OS/c1-12-4-6-15(13(2)8-12)22-20-23-19(25)18(26-20)10-14-5-7-16-17(9-14)24(3)11-21-16/h4-11H,1-3H3,(H,22,23,25)/b18-10-. The van der Waals surface area contributed by atoms with Crippen LogP contribution in [0.3, 0.4) is 0 Å². The third kappa shape index (κ3) is 3.15. The zero-order valence-electron chi connectivity index (χ0n) is 14.8. The van der Waals surface area contributed by atoms with E-state index in [-0.39, 0.29) is 5.91 Å². The molecule has 3 aromatic rings. The van der Waals surface area contributed by atoms with E-state index >= 15 is 0 Å². The van der Waals surface area contributed by atoms with Crippen molar-refractivity contribution in [2.24, 2.45) is 12.0 Å². The molecule has 130 valence electrons. The van der Waals surface area contributed by atoms with Crippen LogP contribution < -0.4 is 5.32 Å². The normalized spacial score (nSPS) is 15.7. The van der Waals surface area contributed by atoms with E-state index in [0.717, 1.165) is 27.8 Å². The zero-order chi connectivity index (χ0) is 18.3. The molecular formula is C20H18N4OS. The summed E-state index contributed by atoms with van der Waals surface area (Å²) in [6.45, 7) is 4.10. The van der Waals surface area contributed by atoms with Crippen LogP contribution in [0.2, 0.25) is 0 Å². The first-order valence-corrected chi connectivity index (χ1v) is 9.09. The average Bonchev–Trinajstić information content (AvgIpc) is 3.14. The zero-order valence-corrected chi connectivity index (χ0v) is 15.6. The molecule has 1 aromatic heterocycles. The molecule has 0 spiro atoms. The van der Waals surface area contributed by atoms with Gasteiger partial charge in [0.1, 0.15) is 0 Å². The number of fused-ring (bicyclic) bond motifs is 1. The van der Waals surface area contributed by atoms with Crippen LogP contribution in [0.1, 0.15) is 16.7 Å². The largest absolute Gasteiger partial charge is 0.334 e. The minimum atomic E-state index is -0.215. The number of hydrogen-bond acceptors (Lipinski definition) is 4. The number of nitrogens with one attached hydrogen (secondary N) is 1. The van der Waals surface area contributed by atoms with Crippen molar-refractivity contribution in [2.45, 2.75) is 13.8 Å². The van der Waals surface area contributed by atoms with Crippen LogP contribution in [0.15, 0.2) is 52.6 Å². The number of aromatic nitrogens is 2. The number of aliphatic imine (C=N–C) groups is 1. The van der Waals surface area contributed by atoms with Crippen LogP contribution in [0.25, 0.3) is 17.1 Å². The monoisotopic (exact) mass is 362 g/mol. The SMILES string of the molecule is Cc1ccc(NC2=NC(=O)/C(=C/c3ccc4ncn(C)c4c3)S2)c(C)c1. The van der Waals surface area contributed by atoms with Gasteiger partial charge in [0.25, 0.3) is 5.91 Å². The Bertz CT molecular complexity index is 1090. The molecule has 0 bridgehead atoms. The van der Waals surface area contributed by atoms with Crippen molar-refractivity contribution in [1.82, 2.24) is 9.55 Å². The van der Waals surface area contributed by atoms with Gasteiger partial charge in [-0.1, -0.05) is 23.8 Å². The van der Waals surface area contributed by atoms with Crippen molar-refractivity contribution in [3.05, 3.63) is 64.3 Å². The quantitative estimate of drug-likeness (QED) is 0.692. The Morgan fingerprint density at radius 1 is 1.15 bits per heavy atom. The Hall–Kier alpha value is -2.86. The third-order valence-electron chi connectivity index (χ3n) is 4.29. The predicted octanol–water partition coefficient (Wildman–Crippen LogP) is 4.27. The third-order valence-corrected chi connectivity index (χ3v) is 5.19. The van der Waals surface area contributed by atoms with Crippen molar-refractivity contribution in [3.63, 3.8) is 0 Å². The van der Waals surface area contributed by atoms with E-state index in [0.29, 0.717) is 10.1 Å². The van der Waals surface area contributed by atoms with Crippen LogP contribution in [-0.2, 0) is 11.8 Å². The van der Waals surface area contributed by atoms with Gasteiger partial charge in [0.15, 0.2) is 5.17 Å². The van der Waals surface area contributed by atoms with Gasteiger partial charge < -0.3 is 9.88 Å². The number of amidine groups is 1. The highest BCUT2D eigenvalue weighted by Gasteiger charge is 2.22. The molecule has 5 nitrogen and oxygen atoms in total. The number of hydrogen-bond donors (Lipinski definition) is 1. The number of carbonyl (C=O) groups excluding carboxylic acids is 1. The van der Waals surface area contributed by atoms with Gasteiger partial charge >= 0.3 is 0 Å². The van der Waals surface area contributed by atoms with Crippen molar-refractivity contribution >= 4 is 45.6 Å². The maximum absolute atomic E-state index is 12.3. The van der Waals surface area contributed by atoms with Gasteiger partial charge in [-0.25, -0.2) is 4.98 Å². The molecule has 0 saturated carbocycles. The summed E-state index contributed by atoms with van der Waals surface area (Å²) in [5.74, 6) is -0.215. The van der Waals surface area contributed by atoms with E-state index in [1.54, 1.807) is 6.33 Å². The van der Waals surface area contributed by atoms with Gasteiger partial charge in [-0.3, -0.25) is 4.79 Å². The Kier molecular flexibility index (Phi) is 4.12. The molecule has 0 radical (unpaired) electrons. The Morgan fingerprint density at radius 3 is 2.81 bits per heavy atom. The molecule has 1 N–H and O–H groups in total. The summed E-state index contributed by atoms with van der Waals surface area (Å²) in [6, 6.07) is 12.1. The number of anilines is 1. The van der Waals surface area contributed by atoms with E-state index in [4.69, 9.17) is 0 Å². The summed E-state index contributed by atoms with van der Waals surface area (Å²) in [5.41, 5.74) is 6.22. The van der Waals surface area contributed by atoms with E-state index in [1.807, 2.05) is 54.9 Å². The first kappa shape index (κ1) is 16.6. The molecule has 26 heavy (non-hydrogen) atoms. The fourth-order valence-corrected chi connectivity index (χ4v) is 3.74. The number of carbonyl (C=O) groups is 1. The van der Waals surface area contributed by atoms with E-state index in [2.05, 4.69) is 28.3 Å². The van der Waals surface area contributed by atoms with Gasteiger partial charge in [0.05, 0.1) is 22.3 Å². The second kappa shape index (κ2) is 6.46. The number of aryl methyl sites for hydroxylation is 3. The van der Waals surface area contributed by atoms with Gasteiger partial charge in [0.2, 0.25) is 0 Å². The fraction of sp³-hybridized carbons (Fsp3) is 0.150. The number of imidazole rings is 1. The number of rotatable bonds is 2. The van der Waals surface area contributed by atoms with Crippen molar-refractivity contribution < 1.29 is 4.79 Å². The van der Waals surface area contributed by atoms with Gasteiger partial charge in [-0.05, 0) is 61.0 Å². The summed E-state index contributed by atoms with van der Waals surface area (Å²) < 4.78 is 1.96. The van der Waals surface area contributed by atoms with Crippen LogP contribution in [0.4, 0.5) is 5.69 Å². The van der Waals surface area contributed by atoms with E-state index < -0.39 is 0 Å². The lowest BCUT2D eigenvalue weighted by Gasteiger charge is -2.08. The second-order valence-corrected chi connectivity index (χ2v) is 7.41. The molecule has 2 heterocycles. The van der Waals surface area contributed by atoms with E-state index in [9.17, 15) is 4.79 Å². The predicted molar refractivity (Wildman–Crippen MR) is 108 cm³/mol. The van der Waals surface area contributed by atoms with Crippen LogP contribution in [-0.4, -0.2) is 20.6 Å². The molecule has 6 heteroatoms. The van der Waals surface area contributed by atoms with Crippen LogP contribution in [0.5, 0.6) is 0 Å². The van der Waals surface area contributed by atoms with Crippen molar-refractivity contribution in [3.8, 4) is 0 Å². The first-order chi connectivity index (χ1) is 12.5. The molecule has 0 unspecified atom stereocenters. The molecular weight excluding hydrogens is 344 g/mol. The van der Waals surface area contributed by atoms with Crippen molar-refractivity contribution in [1.29, 1.82) is 0 Å². The Balaban J connectivity index is 1.56. The maximum Gasteiger partial charge on any atom is 0.286 e. The molecule has 1 aliphatic heterocycles. The second-order valence-electron chi connectivity index (χ2n) is 6.38. The smallest absolute Gasteiger partial charge is 0.286 e. The first-order valence-electron chi connectivity index (χ1n) is 8.27. The van der Waals surface area contributed by atoms with Crippen LogP contribution in [0, 0.1) is 13.8 Å². The molecule has 0 atom stereocenters. The molecule has 1 amide bonds. The number of amides is 1. The lowest BCUT2D eigenvalue weighted by Crippen LogP contribution is -2.06. The summed E-state index contributed by atoms with van der Waals surface area (Å²) in [6.07, 6.45) is 3.66. The maximum atomic E-state index is 12.3. The fourth-order valence-electron chi connectivity index (χ4n) is 2.92. The summed E-state index contributed by atoms with van der Waals surface area (Å²) >= 11 is 1.36. The number of nitrogens with zero attached hydrogens (tertiary/aromatic N) is 3. The topological polar surface area (TPSA) is 59.3 Å². The number of benzene rings is 2. The highest BCUT2D eigenvalue weighted by molar-refractivity contribution is 8.18. The molecule has 0 aliphatic carbocycles. The molecule has 4 rings (SSSR count). The highest BCUT2D eigenvalue weighted by Crippen LogP contribution is 2.30. The lowest BCUT2D eigenvalue weighted by molar-refractivity contribution is -0.113. The number of thioether (sulfide) groups is 1. The average molecular weight is 362 g/mol. The van der Waals surface area contributed by atoms with Gasteiger partial charge in [-0.15, -0.1) is 0 Å². The minimum Gasteiger partial charge on any atom is -0.334 e. The van der Waals surface area contributed by atoms with E-state index in [1.165, 1.54) is 17.3 Å². The molecule has 1 aliphatic rings. The van der Waals surface area contributed by atoms with Crippen molar-refractivity contribution in [2.75, 3.05) is 5.32 Å².